The summed E-state index contributed by atoms with van der Waals surface area (Å²) in [5.41, 5.74) is 2.96. The topological polar surface area (TPSA) is 77.2 Å². The summed E-state index contributed by atoms with van der Waals surface area (Å²) in [6.45, 7) is 2.97. The van der Waals surface area contributed by atoms with E-state index in [4.69, 9.17) is 9.26 Å². The van der Waals surface area contributed by atoms with Crippen LogP contribution in [0.25, 0.3) is 22.2 Å². The van der Waals surface area contributed by atoms with Crippen LogP contribution in [-0.4, -0.2) is 22.7 Å². The van der Waals surface area contributed by atoms with E-state index in [1.54, 1.807) is 6.92 Å². The van der Waals surface area contributed by atoms with Crippen LogP contribution in [0.2, 0.25) is 0 Å². The summed E-state index contributed by atoms with van der Waals surface area (Å²) in [5, 5.41) is 9.97. The number of nitrogens with zero attached hydrogens (tertiary/aromatic N) is 2. The van der Waals surface area contributed by atoms with E-state index in [-0.39, 0.29) is 5.91 Å². The van der Waals surface area contributed by atoms with Crippen LogP contribution in [-0.2, 0) is 29.0 Å². The number of carbonyl (C=O) groups is 1. The summed E-state index contributed by atoms with van der Waals surface area (Å²) >= 11 is 1.52. The van der Waals surface area contributed by atoms with Gasteiger partial charge in [0.15, 0.2) is 5.82 Å². The SMILES string of the molecule is Cc1noc(-c2c(NC(=O)Cc3cccc4ccccc34)sc3c2CCOC3)n1. The van der Waals surface area contributed by atoms with Crippen LogP contribution >= 0.6 is 11.3 Å². The Morgan fingerprint density at radius 1 is 1.21 bits per heavy atom. The third kappa shape index (κ3) is 3.43. The van der Waals surface area contributed by atoms with E-state index in [9.17, 15) is 4.79 Å². The van der Waals surface area contributed by atoms with Gasteiger partial charge in [0.25, 0.3) is 5.89 Å². The van der Waals surface area contributed by atoms with Crippen LogP contribution in [0.4, 0.5) is 5.00 Å². The van der Waals surface area contributed by atoms with Gasteiger partial charge in [0.2, 0.25) is 5.91 Å². The minimum atomic E-state index is -0.0710. The van der Waals surface area contributed by atoms with E-state index in [0.29, 0.717) is 31.3 Å². The first-order chi connectivity index (χ1) is 14.2. The molecule has 1 amide bonds. The molecule has 4 aromatic rings. The number of anilines is 1. The highest BCUT2D eigenvalue weighted by Gasteiger charge is 2.26. The van der Waals surface area contributed by atoms with Gasteiger partial charge >= 0.3 is 0 Å². The number of amides is 1. The maximum Gasteiger partial charge on any atom is 0.261 e. The van der Waals surface area contributed by atoms with Gasteiger partial charge in [-0.3, -0.25) is 4.79 Å². The summed E-state index contributed by atoms with van der Waals surface area (Å²) in [6.07, 6.45) is 1.06. The molecule has 0 bridgehead atoms. The fourth-order valence-corrected chi connectivity index (χ4v) is 4.93. The zero-order valence-corrected chi connectivity index (χ0v) is 16.7. The summed E-state index contributed by atoms with van der Waals surface area (Å²) in [6, 6.07) is 14.1. The second-order valence-electron chi connectivity index (χ2n) is 7.02. The van der Waals surface area contributed by atoms with Crippen molar-refractivity contribution in [1.29, 1.82) is 0 Å². The van der Waals surface area contributed by atoms with Crippen molar-refractivity contribution in [1.82, 2.24) is 10.1 Å². The Morgan fingerprint density at radius 2 is 2.07 bits per heavy atom. The maximum atomic E-state index is 12.9. The number of ether oxygens (including phenoxy) is 1. The van der Waals surface area contributed by atoms with E-state index in [1.807, 2.05) is 30.3 Å². The number of hydrogen-bond donors (Lipinski definition) is 1. The Hall–Kier alpha value is -3.03. The Kier molecular flexibility index (Phi) is 4.61. The van der Waals surface area contributed by atoms with E-state index in [2.05, 4.69) is 27.6 Å². The second kappa shape index (κ2) is 7.42. The number of nitrogens with one attached hydrogen (secondary N) is 1. The number of thiophene rings is 1. The van der Waals surface area contributed by atoms with Crippen LogP contribution in [0.5, 0.6) is 0 Å². The molecule has 1 aliphatic heterocycles. The van der Waals surface area contributed by atoms with Gasteiger partial charge < -0.3 is 14.6 Å². The molecule has 2 aromatic carbocycles. The lowest BCUT2D eigenvalue weighted by Crippen LogP contribution is -2.14. The molecular weight excluding hydrogens is 386 g/mol. The molecule has 0 unspecified atom stereocenters. The van der Waals surface area contributed by atoms with E-state index < -0.39 is 0 Å². The van der Waals surface area contributed by atoms with Crippen LogP contribution in [0.15, 0.2) is 47.0 Å². The van der Waals surface area contributed by atoms with Gasteiger partial charge in [-0.15, -0.1) is 11.3 Å². The number of benzene rings is 2. The first kappa shape index (κ1) is 18.0. The van der Waals surface area contributed by atoms with Crippen LogP contribution in [0, 0.1) is 6.92 Å². The lowest BCUT2D eigenvalue weighted by molar-refractivity contribution is -0.115. The van der Waals surface area contributed by atoms with Gasteiger partial charge in [-0.1, -0.05) is 47.6 Å². The van der Waals surface area contributed by atoms with Crippen molar-refractivity contribution in [2.75, 3.05) is 11.9 Å². The van der Waals surface area contributed by atoms with Gasteiger partial charge in [0.1, 0.15) is 5.00 Å². The van der Waals surface area contributed by atoms with Crippen molar-refractivity contribution in [2.45, 2.75) is 26.4 Å². The molecule has 6 nitrogen and oxygen atoms in total. The standard InChI is InChI=1S/C22H19N3O3S/c1-13-23-21(28-25-13)20-17-9-10-27-12-18(17)29-22(20)24-19(26)11-15-7-4-6-14-5-2-3-8-16(14)15/h2-8H,9-12H2,1H3,(H,24,26). The molecule has 7 heteroatoms. The largest absolute Gasteiger partial charge is 0.376 e. The number of rotatable bonds is 4. The summed E-state index contributed by atoms with van der Waals surface area (Å²) in [5.74, 6) is 0.945. The van der Waals surface area contributed by atoms with Crippen molar-refractivity contribution in [3.8, 4) is 11.5 Å². The number of fused-ring (bicyclic) bond motifs is 2. The normalized spacial score (nSPS) is 13.4. The molecule has 0 fully saturated rings. The third-order valence-electron chi connectivity index (χ3n) is 5.05. The predicted molar refractivity (Wildman–Crippen MR) is 112 cm³/mol. The van der Waals surface area contributed by atoms with Crippen molar-refractivity contribution in [3.63, 3.8) is 0 Å². The molecular formula is C22H19N3O3S. The summed E-state index contributed by atoms with van der Waals surface area (Å²) in [4.78, 5) is 18.4. The Labute approximate surface area is 171 Å². The average Bonchev–Trinajstić information content (AvgIpc) is 3.30. The highest BCUT2D eigenvalue weighted by atomic mass is 32.1. The molecule has 3 heterocycles. The predicted octanol–water partition coefficient (Wildman–Crippen LogP) is 4.51. The fraction of sp³-hybridized carbons (Fsp3) is 0.227. The number of aryl methyl sites for hydroxylation is 1. The minimum absolute atomic E-state index is 0.0710. The van der Waals surface area contributed by atoms with Crippen molar-refractivity contribution in [3.05, 3.63) is 64.3 Å². The highest BCUT2D eigenvalue weighted by molar-refractivity contribution is 7.17. The molecule has 2 aromatic heterocycles. The van der Waals surface area contributed by atoms with Crippen LogP contribution < -0.4 is 5.32 Å². The molecule has 0 saturated heterocycles. The second-order valence-corrected chi connectivity index (χ2v) is 8.13. The third-order valence-corrected chi connectivity index (χ3v) is 6.17. The van der Waals surface area contributed by atoms with Gasteiger partial charge in [-0.05, 0) is 35.2 Å². The molecule has 146 valence electrons. The zero-order valence-electron chi connectivity index (χ0n) is 15.9. The van der Waals surface area contributed by atoms with Gasteiger partial charge in [0.05, 0.1) is 25.2 Å². The Bertz CT molecular complexity index is 1210. The lowest BCUT2D eigenvalue weighted by Gasteiger charge is -2.12. The monoisotopic (exact) mass is 405 g/mol. The first-order valence-electron chi connectivity index (χ1n) is 9.48. The summed E-state index contributed by atoms with van der Waals surface area (Å²) < 4.78 is 11.0. The Balaban J connectivity index is 1.47. The van der Waals surface area contributed by atoms with Crippen LogP contribution in [0.1, 0.15) is 21.8 Å². The van der Waals surface area contributed by atoms with Gasteiger partial charge in [-0.25, -0.2) is 0 Å². The molecule has 0 spiro atoms. The molecule has 0 radical (unpaired) electrons. The van der Waals surface area contributed by atoms with Crippen molar-refractivity contribution in [2.24, 2.45) is 0 Å². The number of carbonyl (C=O) groups excluding carboxylic acids is 1. The maximum absolute atomic E-state index is 12.9. The van der Waals surface area contributed by atoms with Gasteiger partial charge in [0, 0.05) is 4.88 Å². The lowest BCUT2D eigenvalue weighted by atomic mass is 10.0. The van der Waals surface area contributed by atoms with Crippen LogP contribution in [0.3, 0.4) is 0 Å². The molecule has 1 N–H and O–H groups in total. The molecule has 0 aliphatic carbocycles. The summed E-state index contributed by atoms with van der Waals surface area (Å²) in [7, 11) is 0. The minimum Gasteiger partial charge on any atom is -0.376 e. The number of aromatic nitrogens is 2. The molecule has 29 heavy (non-hydrogen) atoms. The number of hydrogen-bond acceptors (Lipinski definition) is 6. The smallest absolute Gasteiger partial charge is 0.261 e. The molecule has 0 saturated carbocycles. The molecule has 1 aliphatic rings. The highest BCUT2D eigenvalue weighted by Crippen LogP contribution is 2.42. The molecule has 0 atom stereocenters. The zero-order chi connectivity index (χ0) is 19.8. The van der Waals surface area contributed by atoms with E-state index in [1.165, 1.54) is 11.3 Å². The first-order valence-corrected chi connectivity index (χ1v) is 10.3. The Morgan fingerprint density at radius 3 is 2.93 bits per heavy atom. The van der Waals surface area contributed by atoms with Crippen molar-refractivity contribution >= 4 is 33.0 Å². The quantitative estimate of drug-likeness (QED) is 0.540. The van der Waals surface area contributed by atoms with E-state index >= 15 is 0 Å². The average molecular weight is 405 g/mol. The van der Waals surface area contributed by atoms with Gasteiger partial charge in [-0.2, -0.15) is 4.98 Å². The van der Waals surface area contributed by atoms with Crippen molar-refractivity contribution < 1.29 is 14.1 Å². The molecule has 5 rings (SSSR count). The fourth-order valence-electron chi connectivity index (χ4n) is 3.74. The van der Waals surface area contributed by atoms with E-state index in [0.717, 1.165) is 43.8 Å².